The molecule has 0 amide bonds. The maximum absolute atomic E-state index is 17.3. The quantitative estimate of drug-likeness (QED) is 0.524. The van der Waals surface area contributed by atoms with Crippen LogP contribution >= 0.6 is 0 Å². The van der Waals surface area contributed by atoms with Crippen molar-refractivity contribution in [3.8, 4) is 0 Å². The Hall–Kier alpha value is -2.00. The number of ether oxygens (including phenoxy) is 1. The van der Waals surface area contributed by atoms with Gasteiger partial charge < -0.3 is 14.9 Å². The van der Waals surface area contributed by atoms with Gasteiger partial charge in [-0.05, 0) is 44.6 Å². The summed E-state index contributed by atoms with van der Waals surface area (Å²) in [5.74, 6) is -6.26. The third kappa shape index (κ3) is 3.20. The summed E-state index contributed by atoms with van der Waals surface area (Å²) in [4.78, 5) is 38.1. The zero-order valence-electron chi connectivity index (χ0n) is 21.2. The van der Waals surface area contributed by atoms with E-state index in [0.29, 0.717) is 6.42 Å². The number of alkyl halides is 2. The molecule has 0 aromatic rings. The number of esters is 1. The van der Waals surface area contributed by atoms with E-state index < -0.39 is 94.1 Å². The van der Waals surface area contributed by atoms with Crippen molar-refractivity contribution < 1.29 is 42.5 Å². The standard InChI is InChI=1S/C27H35F3O6/c1-5-6-7-21(35)36-27(20(34)13-31)14(2)10-15-16-11-17(28)22-23(29)18(32)8-9-24(22,3)26(16,30)19(33)12-25(15,27)4/h8-9,14-17,19,31,33H,5-7,10-13H2,1-4H3/t14-,15+,16+,17+,19+,24+,25+,26+,27+/m1/s1. The first-order valence-corrected chi connectivity index (χ1v) is 12.8. The van der Waals surface area contributed by atoms with Gasteiger partial charge in [0.05, 0.1) is 6.10 Å². The molecule has 0 aromatic heterocycles. The molecule has 0 aliphatic heterocycles. The maximum Gasteiger partial charge on any atom is 0.306 e. The first-order valence-electron chi connectivity index (χ1n) is 12.8. The van der Waals surface area contributed by atoms with Crippen molar-refractivity contribution in [1.29, 1.82) is 0 Å². The fraction of sp³-hybridized carbons (Fsp3) is 0.741. The van der Waals surface area contributed by atoms with E-state index in [1.54, 1.807) is 13.8 Å². The third-order valence-corrected chi connectivity index (χ3v) is 9.81. The molecule has 3 saturated carbocycles. The van der Waals surface area contributed by atoms with Crippen molar-refractivity contribution in [2.75, 3.05) is 6.61 Å². The average Bonchev–Trinajstić information content (AvgIpc) is 3.03. The van der Waals surface area contributed by atoms with E-state index in [-0.39, 0.29) is 19.3 Å². The fourth-order valence-corrected chi connectivity index (χ4v) is 8.15. The Morgan fingerprint density at radius 3 is 2.50 bits per heavy atom. The van der Waals surface area contributed by atoms with Gasteiger partial charge in [0.1, 0.15) is 12.8 Å². The Bertz CT molecular complexity index is 1040. The number of rotatable bonds is 6. The first kappa shape index (κ1) is 27.0. The molecule has 0 radical (unpaired) electrons. The Kier molecular flexibility index (Phi) is 6.60. The van der Waals surface area contributed by atoms with Crippen LogP contribution in [0.25, 0.3) is 0 Å². The van der Waals surface area contributed by atoms with Crippen LogP contribution in [-0.2, 0) is 19.1 Å². The highest BCUT2D eigenvalue weighted by Crippen LogP contribution is 2.72. The normalized spacial score (nSPS) is 45.7. The molecule has 2 N–H and O–H groups in total. The van der Waals surface area contributed by atoms with E-state index in [9.17, 15) is 29.0 Å². The predicted molar refractivity (Wildman–Crippen MR) is 124 cm³/mol. The van der Waals surface area contributed by atoms with E-state index in [0.717, 1.165) is 18.6 Å². The second kappa shape index (κ2) is 8.79. The van der Waals surface area contributed by atoms with E-state index >= 15 is 8.78 Å². The molecular weight excluding hydrogens is 477 g/mol. The predicted octanol–water partition coefficient (Wildman–Crippen LogP) is 3.88. The lowest BCUT2D eigenvalue weighted by molar-refractivity contribution is -0.232. The number of unbranched alkanes of at least 4 members (excludes halogenated alkanes) is 1. The number of carbonyl (C=O) groups is 3. The van der Waals surface area contributed by atoms with Crippen LogP contribution in [0.2, 0.25) is 0 Å². The van der Waals surface area contributed by atoms with Crippen molar-refractivity contribution in [2.45, 2.75) is 89.8 Å². The molecule has 9 atom stereocenters. The van der Waals surface area contributed by atoms with Crippen molar-refractivity contribution >= 4 is 17.5 Å². The number of halogens is 3. The summed E-state index contributed by atoms with van der Waals surface area (Å²) in [6, 6.07) is 0. The average molecular weight is 513 g/mol. The van der Waals surface area contributed by atoms with Gasteiger partial charge in [0.2, 0.25) is 11.6 Å². The molecular formula is C27H35F3O6. The second-order valence-corrected chi connectivity index (χ2v) is 11.5. The minimum Gasteiger partial charge on any atom is -0.450 e. The number of Topliss-reactive ketones (excluding diaryl/α,β-unsaturated/α-hetero) is 1. The SMILES string of the molecule is CCCCC(=O)O[C@]1(C(=O)CO)[C@H](C)C[C@H]2[C@@H]3C[C@H](F)C4=C(F)C(=O)C=C[C@]4(C)[C@@]3(F)[C@@H](O)C[C@@]21C. The topological polar surface area (TPSA) is 101 Å². The lowest BCUT2D eigenvalue weighted by Crippen LogP contribution is -2.71. The van der Waals surface area contributed by atoms with Crippen LogP contribution in [0.15, 0.2) is 23.6 Å². The molecule has 0 saturated heterocycles. The van der Waals surface area contributed by atoms with Gasteiger partial charge in [-0.3, -0.25) is 14.4 Å². The summed E-state index contributed by atoms with van der Waals surface area (Å²) in [6.45, 7) is 5.59. The van der Waals surface area contributed by atoms with E-state index in [1.807, 2.05) is 6.92 Å². The van der Waals surface area contributed by atoms with Crippen molar-refractivity contribution in [2.24, 2.45) is 28.6 Å². The van der Waals surface area contributed by atoms with Crippen LogP contribution in [-0.4, -0.2) is 57.9 Å². The molecule has 9 heteroatoms. The summed E-state index contributed by atoms with van der Waals surface area (Å²) < 4.78 is 53.6. The van der Waals surface area contributed by atoms with E-state index in [2.05, 4.69) is 0 Å². The Balaban J connectivity index is 1.85. The first-order chi connectivity index (χ1) is 16.8. The number of hydrogen-bond donors (Lipinski definition) is 2. The van der Waals surface area contributed by atoms with Gasteiger partial charge in [0.15, 0.2) is 17.1 Å². The van der Waals surface area contributed by atoms with Crippen molar-refractivity contribution in [3.05, 3.63) is 23.6 Å². The highest BCUT2D eigenvalue weighted by Gasteiger charge is 2.78. The molecule has 36 heavy (non-hydrogen) atoms. The zero-order chi connectivity index (χ0) is 26.8. The summed E-state index contributed by atoms with van der Waals surface area (Å²) in [5.41, 5.74) is -8.18. The Morgan fingerprint density at radius 2 is 1.89 bits per heavy atom. The number of ketones is 2. The van der Waals surface area contributed by atoms with Gasteiger partial charge in [-0.15, -0.1) is 0 Å². The van der Waals surface area contributed by atoms with E-state index in [4.69, 9.17) is 4.74 Å². The van der Waals surface area contributed by atoms with Gasteiger partial charge >= 0.3 is 5.97 Å². The molecule has 3 fully saturated rings. The number of fused-ring (bicyclic) bond motifs is 5. The monoisotopic (exact) mass is 512 g/mol. The maximum atomic E-state index is 17.3. The minimum absolute atomic E-state index is 0.0559. The lowest BCUT2D eigenvalue weighted by atomic mass is 9.44. The van der Waals surface area contributed by atoms with Crippen LogP contribution in [0.5, 0.6) is 0 Å². The number of aliphatic hydroxyl groups excluding tert-OH is 2. The molecule has 200 valence electrons. The molecule has 4 aliphatic carbocycles. The van der Waals surface area contributed by atoms with Crippen molar-refractivity contribution in [1.82, 2.24) is 0 Å². The third-order valence-electron chi connectivity index (χ3n) is 9.81. The van der Waals surface area contributed by atoms with Gasteiger partial charge in [-0.1, -0.05) is 33.3 Å². The van der Waals surface area contributed by atoms with Crippen LogP contribution in [0, 0.1) is 28.6 Å². The summed E-state index contributed by atoms with van der Waals surface area (Å²) in [5, 5.41) is 21.3. The largest absolute Gasteiger partial charge is 0.450 e. The number of allylic oxidation sites excluding steroid dienone is 4. The highest BCUT2D eigenvalue weighted by molar-refractivity contribution is 6.04. The summed E-state index contributed by atoms with van der Waals surface area (Å²) >= 11 is 0. The zero-order valence-corrected chi connectivity index (χ0v) is 21.2. The molecule has 6 nitrogen and oxygen atoms in total. The van der Waals surface area contributed by atoms with Crippen LogP contribution in [0.4, 0.5) is 13.2 Å². The van der Waals surface area contributed by atoms with Gasteiger partial charge in [0.25, 0.3) is 0 Å². The Labute approximate surface area is 209 Å². The molecule has 0 heterocycles. The minimum atomic E-state index is -2.53. The Morgan fingerprint density at radius 1 is 1.22 bits per heavy atom. The summed E-state index contributed by atoms with van der Waals surface area (Å²) in [6.07, 6.45) is -1.07. The van der Waals surface area contributed by atoms with Gasteiger partial charge in [-0.2, -0.15) is 0 Å². The fourth-order valence-electron chi connectivity index (χ4n) is 8.15. The second-order valence-electron chi connectivity index (χ2n) is 11.5. The number of aliphatic hydroxyl groups is 2. The smallest absolute Gasteiger partial charge is 0.306 e. The van der Waals surface area contributed by atoms with Gasteiger partial charge in [-0.25, -0.2) is 13.2 Å². The summed E-state index contributed by atoms with van der Waals surface area (Å²) in [7, 11) is 0. The molecule has 0 unspecified atom stereocenters. The van der Waals surface area contributed by atoms with Crippen LogP contribution < -0.4 is 0 Å². The number of carbonyl (C=O) groups excluding carboxylic acids is 3. The molecule has 0 spiro atoms. The van der Waals surface area contributed by atoms with Crippen molar-refractivity contribution in [3.63, 3.8) is 0 Å². The number of hydrogen-bond acceptors (Lipinski definition) is 6. The van der Waals surface area contributed by atoms with Gasteiger partial charge in [0, 0.05) is 34.7 Å². The lowest BCUT2D eigenvalue weighted by Gasteiger charge is -2.63. The molecule has 0 aromatic carbocycles. The molecule has 4 rings (SSSR count). The van der Waals surface area contributed by atoms with E-state index in [1.165, 1.54) is 6.92 Å². The van der Waals surface area contributed by atoms with Crippen LogP contribution in [0.1, 0.15) is 66.2 Å². The highest BCUT2D eigenvalue weighted by atomic mass is 19.2. The molecule has 0 bridgehead atoms. The van der Waals surface area contributed by atoms with Crippen LogP contribution in [0.3, 0.4) is 0 Å². The molecule has 4 aliphatic rings.